The molecule has 0 aromatic carbocycles. The van der Waals surface area contributed by atoms with Gasteiger partial charge < -0.3 is 15.0 Å². The molecule has 0 spiro atoms. The topological polar surface area (TPSA) is 51.5 Å². The van der Waals surface area contributed by atoms with Crippen molar-refractivity contribution in [3.8, 4) is 0 Å². The van der Waals surface area contributed by atoms with E-state index >= 15 is 0 Å². The van der Waals surface area contributed by atoms with E-state index in [4.69, 9.17) is 14.7 Å². The van der Waals surface area contributed by atoms with Crippen molar-refractivity contribution in [2.24, 2.45) is 0 Å². The van der Waals surface area contributed by atoms with Crippen LogP contribution in [0.1, 0.15) is 37.6 Å². The number of hydrogen-bond acceptors (Lipinski definition) is 6. The number of quaternary nitrogens is 1. The minimum atomic E-state index is -0.123. The van der Waals surface area contributed by atoms with Crippen molar-refractivity contribution in [2.75, 3.05) is 38.3 Å². The lowest BCUT2D eigenvalue weighted by Crippen LogP contribution is -3.06. The van der Waals surface area contributed by atoms with Gasteiger partial charge in [0.15, 0.2) is 5.16 Å². The molecule has 0 unspecified atom stereocenters. The number of anilines is 1. The van der Waals surface area contributed by atoms with Crippen molar-refractivity contribution in [3.63, 3.8) is 0 Å². The second-order valence-electron chi connectivity index (χ2n) is 7.50. The van der Waals surface area contributed by atoms with Gasteiger partial charge in [-0.05, 0) is 25.8 Å². The molecule has 0 saturated heterocycles. The molecule has 1 aliphatic heterocycles. The fourth-order valence-corrected chi connectivity index (χ4v) is 4.80. The summed E-state index contributed by atoms with van der Waals surface area (Å²) in [6, 6.07) is 0. The van der Waals surface area contributed by atoms with Crippen LogP contribution < -0.4 is 10.2 Å². The fraction of sp³-hybridized carbons (Fsp3) is 0.667. The van der Waals surface area contributed by atoms with Gasteiger partial charge >= 0.3 is 0 Å². The molecular weight excluding hydrogens is 352 g/mol. The van der Waals surface area contributed by atoms with Crippen LogP contribution in [0, 0.1) is 0 Å². The summed E-state index contributed by atoms with van der Waals surface area (Å²) in [7, 11) is 4.35. The van der Waals surface area contributed by atoms with E-state index in [9.17, 15) is 0 Å². The summed E-state index contributed by atoms with van der Waals surface area (Å²) >= 11 is 3.51. The van der Waals surface area contributed by atoms with Gasteiger partial charge in [0.25, 0.3) is 0 Å². The highest BCUT2D eigenvalue weighted by atomic mass is 32.2. The summed E-state index contributed by atoms with van der Waals surface area (Å²) in [4.78, 5) is 13.5. The summed E-state index contributed by atoms with van der Waals surface area (Å²) in [5.41, 5.74) is 1.25. The van der Waals surface area contributed by atoms with Gasteiger partial charge in [-0.15, -0.1) is 11.3 Å². The number of nitrogens with one attached hydrogen (secondary N) is 2. The molecule has 25 heavy (non-hydrogen) atoms. The largest absolute Gasteiger partial charge is 0.370 e. The van der Waals surface area contributed by atoms with E-state index < -0.39 is 0 Å². The van der Waals surface area contributed by atoms with Crippen LogP contribution >= 0.6 is 23.1 Å². The van der Waals surface area contributed by atoms with Crippen molar-refractivity contribution in [1.82, 2.24) is 9.97 Å². The highest BCUT2D eigenvalue weighted by Crippen LogP contribution is 2.41. The van der Waals surface area contributed by atoms with E-state index in [1.54, 1.807) is 23.1 Å². The summed E-state index contributed by atoms with van der Waals surface area (Å²) < 4.78 is 6.00. The van der Waals surface area contributed by atoms with Gasteiger partial charge in [-0.25, -0.2) is 9.97 Å². The first-order valence-corrected chi connectivity index (χ1v) is 10.8. The molecule has 5 nitrogen and oxygen atoms in total. The van der Waals surface area contributed by atoms with E-state index in [-0.39, 0.29) is 5.60 Å². The van der Waals surface area contributed by atoms with E-state index in [1.807, 2.05) is 0 Å². The second kappa shape index (κ2) is 7.78. The Kier molecular flexibility index (Phi) is 5.88. The average Bonchev–Trinajstić information content (AvgIpc) is 2.89. The van der Waals surface area contributed by atoms with Crippen LogP contribution in [-0.2, 0) is 17.8 Å². The van der Waals surface area contributed by atoms with Crippen molar-refractivity contribution in [3.05, 3.63) is 10.4 Å². The number of nitrogens with zero attached hydrogens (tertiary/aromatic N) is 2. The smallest absolute Gasteiger partial charge is 0.190 e. The maximum absolute atomic E-state index is 6.00. The van der Waals surface area contributed by atoms with Crippen LogP contribution in [0.2, 0.25) is 0 Å². The molecular formula is C18H29N4OS2+. The van der Waals surface area contributed by atoms with Crippen LogP contribution in [-0.4, -0.2) is 48.5 Å². The molecule has 138 valence electrons. The molecule has 0 bridgehead atoms. The zero-order valence-corrected chi connectivity index (χ0v) is 17.5. The SMILES string of the molecule is CCCSc1nc(NCC[NH+](C)C)c2c3c(sc2n1)COC(C)(C)C3. The quantitative estimate of drug-likeness (QED) is 0.570. The molecule has 0 fully saturated rings. The van der Waals surface area contributed by atoms with Gasteiger partial charge in [-0.3, -0.25) is 0 Å². The third-order valence-corrected chi connectivity index (χ3v) is 6.42. The van der Waals surface area contributed by atoms with Gasteiger partial charge in [0.05, 0.1) is 44.8 Å². The predicted octanol–water partition coefficient (Wildman–Crippen LogP) is 2.60. The Balaban J connectivity index is 2.00. The van der Waals surface area contributed by atoms with Crippen molar-refractivity contribution in [2.45, 2.75) is 51.0 Å². The van der Waals surface area contributed by atoms with Crippen molar-refractivity contribution in [1.29, 1.82) is 0 Å². The summed E-state index contributed by atoms with van der Waals surface area (Å²) in [6.45, 7) is 9.17. The lowest BCUT2D eigenvalue weighted by Gasteiger charge is -2.30. The Morgan fingerprint density at radius 2 is 2.12 bits per heavy atom. The number of thiophene rings is 1. The van der Waals surface area contributed by atoms with E-state index in [0.717, 1.165) is 47.5 Å². The first-order valence-electron chi connectivity index (χ1n) is 9.01. The highest BCUT2D eigenvalue weighted by molar-refractivity contribution is 7.99. The molecule has 0 saturated carbocycles. The molecule has 0 amide bonds. The van der Waals surface area contributed by atoms with Gasteiger partial charge in [0.2, 0.25) is 0 Å². The molecule has 1 aliphatic rings. The third-order valence-electron chi connectivity index (χ3n) is 4.26. The van der Waals surface area contributed by atoms with Crippen LogP contribution in [0.25, 0.3) is 10.2 Å². The van der Waals surface area contributed by atoms with Crippen LogP contribution in [0.3, 0.4) is 0 Å². The number of hydrogen-bond donors (Lipinski definition) is 2. The van der Waals surface area contributed by atoms with Crippen molar-refractivity contribution >= 4 is 39.1 Å². The summed E-state index contributed by atoms with van der Waals surface area (Å²) in [5.74, 6) is 2.05. The number of likely N-dealkylation sites (N-methyl/N-ethyl adjacent to an activating group) is 1. The zero-order valence-electron chi connectivity index (χ0n) is 15.9. The second-order valence-corrected chi connectivity index (χ2v) is 9.64. The molecule has 3 rings (SSSR count). The monoisotopic (exact) mass is 381 g/mol. The standard InChI is InChI=1S/C18H28N4OS2/c1-6-9-24-17-20-15(19-7-8-22(4)5)14-12-10-18(2,3)23-11-13(12)25-16(14)21-17/h6-11H2,1-5H3,(H,19,20,21)/p+1. The number of ether oxygens (including phenoxy) is 1. The predicted molar refractivity (Wildman–Crippen MR) is 107 cm³/mol. The van der Waals surface area contributed by atoms with Crippen LogP contribution in [0.4, 0.5) is 5.82 Å². The number of fused-ring (bicyclic) bond motifs is 3. The Labute approximate surface area is 158 Å². The Bertz CT molecular complexity index is 742. The summed E-state index contributed by atoms with van der Waals surface area (Å²) in [5, 5.41) is 5.68. The van der Waals surface area contributed by atoms with Gasteiger partial charge in [-0.2, -0.15) is 0 Å². The van der Waals surface area contributed by atoms with E-state index in [2.05, 4.69) is 40.2 Å². The molecule has 2 N–H and O–H groups in total. The number of aromatic nitrogens is 2. The Hall–Kier alpha value is -0.890. The Morgan fingerprint density at radius 3 is 2.84 bits per heavy atom. The number of thioether (sulfide) groups is 1. The normalized spacial score (nSPS) is 16.4. The molecule has 2 aromatic heterocycles. The van der Waals surface area contributed by atoms with Gasteiger partial charge in [0, 0.05) is 17.1 Å². The molecule has 3 heterocycles. The lowest BCUT2D eigenvalue weighted by molar-refractivity contribution is -0.856. The Morgan fingerprint density at radius 1 is 1.32 bits per heavy atom. The van der Waals surface area contributed by atoms with Crippen LogP contribution in [0.5, 0.6) is 0 Å². The minimum absolute atomic E-state index is 0.123. The van der Waals surface area contributed by atoms with Crippen LogP contribution in [0.15, 0.2) is 5.16 Å². The molecule has 0 aliphatic carbocycles. The fourth-order valence-electron chi connectivity index (χ4n) is 2.94. The minimum Gasteiger partial charge on any atom is -0.370 e. The average molecular weight is 382 g/mol. The third kappa shape index (κ3) is 4.45. The van der Waals surface area contributed by atoms with Gasteiger partial charge in [0.1, 0.15) is 10.6 Å². The maximum Gasteiger partial charge on any atom is 0.190 e. The van der Waals surface area contributed by atoms with E-state index in [0.29, 0.717) is 6.61 Å². The molecule has 2 aromatic rings. The maximum atomic E-state index is 6.00. The molecule has 0 radical (unpaired) electrons. The first-order chi connectivity index (χ1) is 11.9. The molecule has 0 atom stereocenters. The van der Waals surface area contributed by atoms with E-state index in [1.165, 1.54) is 20.7 Å². The van der Waals surface area contributed by atoms with Crippen molar-refractivity contribution < 1.29 is 9.64 Å². The highest BCUT2D eigenvalue weighted by Gasteiger charge is 2.31. The zero-order chi connectivity index (χ0) is 18.0. The summed E-state index contributed by atoms with van der Waals surface area (Å²) in [6.07, 6.45) is 2.04. The lowest BCUT2D eigenvalue weighted by atomic mass is 9.94. The van der Waals surface area contributed by atoms with Gasteiger partial charge in [-0.1, -0.05) is 18.7 Å². The number of rotatable bonds is 7. The molecule has 7 heteroatoms. The first kappa shape index (κ1) is 18.9.